The molecule has 4 heteroatoms. The summed E-state index contributed by atoms with van der Waals surface area (Å²) in [6.45, 7) is 1.93. The number of benzene rings is 1. The molecule has 1 amide bonds. The molecule has 1 aromatic heterocycles. The number of aromatic nitrogens is 2. The zero-order valence-corrected chi connectivity index (χ0v) is 12.6. The Morgan fingerprint density at radius 3 is 2.76 bits per heavy atom. The molecule has 0 radical (unpaired) electrons. The first-order valence-electron chi connectivity index (χ1n) is 7.52. The third kappa shape index (κ3) is 3.15. The Morgan fingerprint density at radius 1 is 1.29 bits per heavy atom. The van der Waals surface area contributed by atoms with E-state index in [1.807, 2.05) is 26.2 Å². The van der Waals surface area contributed by atoms with Gasteiger partial charge in [0.15, 0.2) is 0 Å². The number of amides is 1. The first-order valence-corrected chi connectivity index (χ1v) is 7.52. The Labute approximate surface area is 125 Å². The van der Waals surface area contributed by atoms with Crippen LogP contribution in [0.2, 0.25) is 0 Å². The maximum absolute atomic E-state index is 12.2. The molecule has 0 fully saturated rings. The monoisotopic (exact) mass is 283 g/mol. The van der Waals surface area contributed by atoms with Gasteiger partial charge < -0.3 is 5.32 Å². The lowest BCUT2D eigenvalue weighted by Crippen LogP contribution is -2.15. The van der Waals surface area contributed by atoms with Crippen LogP contribution in [0.4, 0.5) is 5.69 Å². The quantitative estimate of drug-likeness (QED) is 0.941. The highest BCUT2D eigenvalue weighted by Crippen LogP contribution is 2.24. The molecule has 1 aromatic carbocycles. The summed E-state index contributed by atoms with van der Waals surface area (Å²) < 4.78 is 1.75. The van der Waals surface area contributed by atoms with Crippen LogP contribution in [0.25, 0.3) is 0 Å². The molecule has 0 saturated heterocycles. The van der Waals surface area contributed by atoms with Gasteiger partial charge in [0.05, 0.1) is 12.1 Å². The smallest absolute Gasteiger partial charge is 0.228 e. The summed E-state index contributed by atoms with van der Waals surface area (Å²) in [5.74, 6) is 0.0156. The number of nitrogens with zero attached hydrogens (tertiary/aromatic N) is 2. The molecule has 1 heterocycles. The normalized spacial score (nSPS) is 13.8. The number of hydrogen-bond acceptors (Lipinski definition) is 2. The van der Waals surface area contributed by atoms with Gasteiger partial charge in [-0.3, -0.25) is 9.48 Å². The van der Waals surface area contributed by atoms with E-state index in [-0.39, 0.29) is 5.91 Å². The highest BCUT2D eigenvalue weighted by atomic mass is 16.1. The molecule has 110 valence electrons. The molecule has 4 nitrogen and oxygen atoms in total. The average molecular weight is 283 g/mol. The molecule has 0 atom stereocenters. The zero-order valence-electron chi connectivity index (χ0n) is 12.6. The van der Waals surface area contributed by atoms with Crippen LogP contribution in [0.15, 0.2) is 24.4 Å². The fourth-order valence-corrected chi connectivity index (χ4v) is 3.01. The van der Waals surface area contributed by atoms with Gasteiger partial charge in [0.1, 0.15) is 0 Å². The maximum atomic E-state index is 12.2. The highest BCUT2D eigenvalue weighted by molar-refractivity contribution is 5.92. The summed E-state index contributed by atoms with van der Waals surface area (Å²) in [5.41, 5.74) is 5.62. The van der Waals surface area contributed by atoms with Gasteiger partial charge in [0.2, 0.25) is 5.91 Å². The number of carbonyl (C=O) groups is 1. The van der Waals surface area contributed by atoms with Crippen molar-refractivity contribution in [2.45, 2.75) is 39.0 Å². The predicted octanol–water partition coefficient (Wildman–Crippen LogP) is 2.79. The topological polar surface area (TPSA) is 46.9 Å². The number of fused-ring (bicyclic) bond motifs is 1. The molecule has 3 rings (SSSR count). The van der Waals surface area contributed by atoms with Crippen molar-refractivity contribution in [1.82, 2.24) is 9.78 Å². The van der Waals surface area contributed by atoms with Crippen LogP contribution in [0.3, 0.4) is 0 Å². The van der Waals surface area contributed by atoms with Gasteiger partial charge in [-0.2, -0.15) is 5.10 Å². The van der Waals surface area contributed by atoms with Crippen molar-refractivity contribution in [2.75, 3.05) is 5.32 Å². The predicted molar refractivity (Wildman–Crippen MR) is 83.4 cm³/mol. The molecular formula is C17H21N3O. The number of rotatable bonds is 3. The van der Waals surface area contributed by atoms with E-state index in [2.05, 4.69) is 22.5 Å². The number of hydrogen-bond donors (Lipinski definition) is 1. The molecule has 0 aliphatic heterocycles. The minimum atomic E-state index is 0.0156. The van der Waals surface area contributed by atoms with Gasteiger partial charge in [0.25, 0.3) is 0 Å². The van der Waals surface area contributed by atoms with Crippen molar-refractivity contribution in [3.8, 4) is 0 Å². The number of nitrogens with one attached hydrogen (secondary N) is 1. The van der Waals surface area contributed by atoms with Gasteiger partial charge in [0, 0.05) is 24.5 Å². The summed E-state index contributed by atoms with van der Waals surface area (Å²) in [6.07, 6.45) is 7.09. The summed E-state index contributed by atoms with van der Waals surface area (Å²) in [5, 5.41) is 7.27. The molecule has 0 saturated carbocycles. The molecule has 1 N–H and O–H groups in total. The van der Waals surface area contributed by atoms with Gasteiger partial charge in [-0.1, -0.05) is 6.07 Å². The molecular weight excluding hydrogens is 262 g/mol. The van der Waals surface area contributed by atoms with Crippen LogP contribution < -0.4 is 5.32 Å². The van der Waals surface area contributed by atoms with E-state index in [1.165, 1.54) is 30.4 Å². The van der Waals surface area contributed by atoms with Crippen LogP contribution >= 0.6 is 0 Å². The van der Waals surface area contributed by atoms with Crippen molar-refractivity contribution in [3.63, 3.8) is 0 Å². The van der Waals surface area contributed by atoms with Crippen molar-refractivity contribution in [2.24, 2.45) is 7.05 Å². The minimum absolute atomic E-state index is 0.0156. The summed E-state index contributed by atoms with van der Waals surface area (Å²) in [6, 6.07) is 6.29. The number of anilines is 1. The van der Waals surface area contributed by atoms with Crippen molar-refractivity contribution >= 4 is 11.6 Å². The molecule has 0 unspecified atom stereocenters. The van der Waals surface area contributed by atoms with E-state index in [0.29, 0.717) is 6.42 Å². The fraction of sp³-hybridized carbons (Fsp3) is 0.412. The molecule has 1 aliphatic carbocycles. The second-order valence-electron chi connectivity index (χ2n) is 5.83. The molecule has 0 spiro atoms. The standard InChI is InChI=1S/C17H21N3O/c1-12-15(11-20(2)19-12)10-17(21)18-16-8-7-13-5-3-4-6-14(13)9-16/h7-9,11H,3-6,10H2,1-2H3,(H,18,21). The number of carbonyl (C=O) groups excluding carboxylic acids is 1. The Hall–Kier alpha value is -2.10. The van der Waals surface area contributed by atoms with Crippen molar-refractivity contribution in [1.29, 1.82) is 0 Å². The Kier molecular flexibility index (Phi) is 3.78. The van der Waals surface area contributed by atoms with Crippen LogP contribution in [-0.2, 0) is 31.1 Å². The summed E-state index contributed by atoms with van der Waals surface area (Å²) >= 11 is 0. The van der Waals surface area contributed by atoms with E-state index in [1.54, 1.807) is 4.68 Å². The van der Waals surface area contributed by atoms with E-state index >= 15 is 0 Å². The van der Waals surface area contributed by atoms with Crippen molar-refractivity contribution < 1.29 is 4.79 Å². The van der Waals surface area contributed by atoms with E-state index in [9.17, 15) is 4.79 Å². The molecule has 2 aromatic rings. The lowest BCUT2D eigenvalue weighted by molar-refractivity contribution is -0.115. The van der Waals surface area contributed by atoms with Crippen LogP contribution in [0.1, 0.15) is 35.2 Å². The third-order valence-corrected chi connectivity index (χ3v) is 4.10. The van der Waals surface area contributed by atoms with E-state index in [0.717, 1.165) is 23.4 Å². The molecule has 21 heavy (non-hydrogen) atoms. The highest BCUT2D eigenvalue weighted by Gasteiger charge is 2.12. The Bertz CT molecular complexity index is 673. The largest absolute Gasteiger partial charge is 0.326 e. The lowest BCUT2D eigenvalue weighted by Gasteiger charge is -2.16. The Morgan fingerprint density at radius 2 is 2.05 bits per heavy atom. The summed E-state index contributed by atoms with van der Waals surface area (Å²) in [7, 11) is 1.87. The average Bonchev–Trinajstić information content (AvgIpc) is 2.76. The maximum Gasteiger partial charge on any atom is 0.228 e. The second-order valence-corrected chi connectivity index (χ2v) is 5.83. The van der Waals surface area contributed by atoms with Gasteiger partial charge in [-0.15, -0.1) is 0 Å². The third-order valence-electron chi connectivity index (χ3n) is 4.10. The minimum Gasteiger partial charge on any atom is -0.326 e. The Balaban J connectivity index is 1.68. The van der Waals surface area contributed by atoms with Gasteiger partial charge in [-0.25, -0.2) is 0 Å². The number of aryl methyl sites for hydroxylation is 4. The molecule has 1 aliphatic rings. The molecule has 0 bridgehead atoms. The van der Waals surface area contributed by atoms with Gasteiger partial charge in [-0.05, 0) is 55.9 Å². The van der Waals surface area contributed by atoms with Crippen LogP contribution in [0.5, 0.6) is 0 Å². The van der Waals surface area contributed by atoms with Crippen LogP contribution in [0, 0.1) is 6.92 Å². The lowest BCUT2D eigenvalue weighted by atomic mass is 9.91. The van der Waals surface area contributed by atoms with Crippen LogP contribution in [-0.4, -0.2) is 15.7 Å². The second kappa shape index (κ2) is 5.72. The first kappa shape index (κ1) is 13.9. The van der Waals surface area contributed by atoms with E-state index < -0.39 is 0 Å². The van der Waals surface area contributed by atoms with Crippen molar-refractivity contribution in [3.05, 3.63) is 46.8 Å². The van der Waals surface area contributed by atoms with Gasteiger partial charge >= 0.3 is 0 Å². The summed E-state index contributed by atoms with van der Waals surface area (Å²) in [4.78, 5) is 12.2. The fourth-order valence-electron chi connectivity index (χ4n) is 3.01. The SMILES string of the molecule is Cc1nn(C)cc1CC(=O)Nc1ccc2c(c1)CCCC2. The first-order chi connectivity index (χ1) is 10.1. The zero-order chi connectivity index (χ0) is 14.8. The van der Waals surface area contributed by atoms with E-state index in [4.69, 9.17) is 0 Å².